The maximum absolute atomic E-state index is 13.0. The second-order valence-electron chi connectivity index (χ2n) is 5.07. The third-order valence-electron chi connectivity index (χ3n) is 2.11. The van der Waals surface area contributed by atoms with Crippen LogP contribution in [0.5, 0.6) is 0 Å². The lowest BCUT2D eigenvalue weighted by Crippen LogP contribution is -2.37. The molecule has 0 saturated carbocycles. The standard InChI is InChI=1S/C12H16FN3O4/c1-12(2,3)20-11(17)15(4)14-9-6-5-8(13)7-10(9)16(18)19/h5-7,14H,1-4H3. The molecule has 0 saturated heterocycles. The van der Waals surface area contributed by atoms with Crippen molar-refractivity contribution < 1.29 is 18.8 Å². The number of ether oxygens (including phenoxy) is 1. The van der Waals surface area contributed by atoms with Crippen LogP contribution in [-0.2, 0) is 4.74 Å². The number of hydrogen-bond donors (Lipinski definition) is 1. The van der Waals surface area contributed by atoms with E-state index in [9.17, 15) is 19.3 Å². The number of nitrogens with zero attached hydrogens (tertiary/aromatic N) is 2. The Kier molecular flexibility index (Phi) is 4.49. The van der Waals surface area contributed by atoms with E-state index >= 15 is 0 Å². The van der Waals surface area contributed by atoms with Gasteiger partial charge in [-0.2, -0.15) is 0 Å². The van der Waals surface area contributed by atoms with Crippen molar-refractivity contribution in [3.63, 3.8) is 0 Å². The molecule has 1 rings (SSSR count). The Bertz CT molecular complexity index is 528. The molecule has 0 radical (unpaired) electrons. The fourth-order valence-corrected chi connectivity index (χ4v) is 1.31. The SMILES string of the molecule is CN(Nc1ccc(F)cc1[N+](=O)[O-])C(=O)OC(C)(C)C. The minimum atomic E-state index is -0.742. The summed E-state index contributed by atoms with van der Waals surface area (Å²) in [6.45, 7) is 5.08. The minimum Gasteiger partial charge on any atom is -0.442 e. The van der Waals surface area contributed by atoms with Gasteiger partial charge in [-0.25, -0.2) is 14.2 Å². The molecule has 0 atom stereocenters. The third kappa shape index (κ3) is 4.38. The summed E-state index contributed by atoms with van der Waals surface area (Å²) < 4.78 is 18.1. The Morgan fingerprint density at radius 3 is 2.55 bits per heavy atom. The molecule has 0 aliphatic carbocycles. The first-order chi connectivity index (χ1) is 9.10. The van der Waals surface area contributed by atoms with E-state index in [1.165, 1.54) is 13.1 Å². The summed E-state index contributed by atoms with van der Waals surface area (Å²) in [5.41, 5.74) is 1.32. The van der Waals surface area contributed by atoms with Gasteiger partial charge in [0, 0.05) is 7.05 Å². The van der Waals surface area contributed by atoms with Gasteiger partial charge in [0.2, 0.25) is 0 Å². The van der Waals surface area contributed by atoms with Crippen LogP contribution in [-0.4, -0.2) is 28.7 Å². The van der Waals surface area contributed by atoms with Gasteiger partial charge in [-0.1, -0.05) is 0 Å². The summed E-state index contributed by atoms with van der Waals surface area (Å²) in [7, 11) is 1.35. The van der Waals surface area contributed by atoms with E-state index in [-0.39, 0.29) is 5.69 Å². The van der Waals surface area contributed by atoms with E-state index in [1.54, 1.807) is 20.8 Å². The maximum atomic E-state index is 13.0. The number of benzene rings is 1. The van der Waals surface area contributed by atoms with Crippen LogP contribution in [0, 0.1) is 15.9 Å². The lowest BCUT2D eigenvalue weighted by atomic mass is 10.2. The van der Waals surface area contributed by atoms with Crippen LogP contribution in [0.1, 0.15) is 20.8 Å². The van der Waals surface area contributed by atoms with E-state index in [1.807, 2.05) is 0 Å². The van der Waals surface area contributed by atoms with E-state index < -0.39 is 28.1 Å². The Labute approximate surface area is 115 Å². The first-order valence-corrected chi connectivity index (χ1v) is 5.77. The van der Waals surface area contributed by atoms with Crippen molar-refractivity contribution in [3.05, 3.63) is 34.1 Å². The molecule has 1 aromatic carbocycles. The zero-order valence-corrected chi connectivity index (χ0v) is 11.6. The number of halogens is 1. The molecule has 0 aromatic heterocycles. The molecule has 0 unspecified atom stereocenters. The minimum absolute atomic E-state index is 0.00948. The van der Waals surface area contributed by atoms with Crippen molar-refractivity contribution in [2.24, 2.45) is 0 Å². The number of carbonyl (C=O) groups excluding carboxylic acids is 1. The number of nitrogens with one attached hydrogen (secondary N) is 1. The van der Waals surface area contributed by atoms with Gasteiger partial charge in [-0.05, 0) is 32.9 Å². The second kappa shape index (κ2) is 5.72. The van der Waals surface area contributed by atoms with Crippen LogP contribution in [0.25, 0.3) is 0 Å². The van der Waals surface area contributed by atoms with Gasteiger partial charge in [-0.15, -0.1) is 0 Å². The van der Waals surface area contributed by atoms with Crippen molar-refractivity contribution in [1.29, 1.82) is 0 Å². The number of nitro groups is 1. The van der Waals surface area contributed by atoms with Crippen molar-refractivity contribution in [3.8, 4) is 0 Å². The molecule has 1 amide bonds. The van der Waals surface area contributed by atoms with Gasteiger partial charge in [-0.3, -0.25) is 15.5 Å². The third-order valence-corrected chi connectivity index (χ3v) is 2.11. The predicted octanol–water partition coefficient (Wildman–Crippen LogP) is 2.93. The topological polar surface area (TPSA) is 84.7 Å². The number of carbonyl (C=O) groups is 1. The average molecular weight is 285 g/mol. The van der Waals surface area contributed by atoms with Crippen LogP contribution >= 0.6 is 0 Å². The highest BCUT2D eigenvalue weighted by Gasteiger charge is 2.22. The molecule has 110 valence electrons. The van der Waals surface area contributed by atoms with Crippen LogP contribution in [0.3, 0.4) is 0 Å². The van der Waals surface area contributed by atoms with Gasteiger partial charge in [0.25, 0.3) is 5.69 Å². The molecule has 1 aromatic rings. The quantitative estimate of drug-likeness (QED) is 0.681. The van der Waals surface area contributed by atoms with Crippen LogP contribution < -0.4 is 5.43 Å². The summed E-state index contributed by atoms with van der Waals surface area (Å²) >= 11 is 0. The zero-order chi connectivity index (χ0) is 15.5. The second-order valence-corrected chi connectivity index (χ2v) is 5.07. The monoisotopic (exact) mass is 285 g/mol. The molecule has 20 heavy (non-hydrogen) atoms. The number of anilines is 1. The van der Waals surface area contributed by atoms with Crippen LogP contribution in [0.15, 0.2) is 18.2 Å². The van der Waals surface area contributed by atoms with Gasteiger partial charge in [0.1, 0.15) is 17.1 Å². The first-order valence-electron chi connectivity index (χ1n) is 5.77. The lowest BCUT2D eigenvalue weighted by Gasteiger charge is -2.25. The molecule has 7 nitrogen and oxygen atoms in total. The molecule has 0 spiro atoms. The predicted molar refractivity (Wildman–Crippen MR) is 70.7 cm³/mol. The summed E-state index contributed by atoms with van der Waals surface area (Å²) in [5.74, 6) is -0.734. The normalized spacial score (nSPS) is 10.8. The Morgan fingerprint density at radius 2 is 2.05 bits per heavy atom. The summed E-state index contributed by atoms with van der Waals surface area (Å²) in [4.78, 5) is 21.8. The summed E-state index contributed by atoms with van der Waals surface area (Å²) in [5, 5.41) is 11.8. The number of nitro benzene ring substituents is 1. The Balaban J connectivity index is 2.88. The van der Waals surface area contributed by atoms with E-state index in [4.69, 9.17) is 4.74 Å². The highest BCUT2D eigenvalue weighted by atomic mass is 19.1. The first kappa shape index (κ1) is 15.7. The van der Waals surface area contributed by atoms with Crippen molar-refractivity contribution in [2.75, 3.05) is 12.5 Å². The smallest absolute Gasteiger partial charge is 0.428 e. The van der Waals surface area contributed by atoms with Gasteiger partial charge < -0.3 is 4.74 Å². The molecular weight excluding hydrogens is 269 g/mol. The van der Waals surface area contributed by atoms with Gasteiger partial charge in [0.15, 0.2) is 0 Å². The number of rotatable bonds is 3. The number of hydrogen-bond acceptors (Lipinski definition) is 5. The fraction of sp³-hybridized carbons (Fsp3) is 0.417. The van der Waals surface area contributed by atoms with E-state index in [0.29, 0.717) is 0 Å². The highest BCUT2D eigenvalue weighted by Crippen LogP contribution is 2.25. The van der Waals surface area contributed by atoms with Crippen LogP contribution in [0.2, 0.25) is 0 Å². The van der Waals surface area contributed by atoms with Crippen LogP contribution in [0.4, 0.5) is 20.6 Å². The zero-order valence-electron chi connectivity index (χ0n) is 11.6. The summed E-state index contributed by atoms with van der Waals surface area (Å²) in [6.07, 6.45) is -0.712. The molecule has 0 aliphatic rings. The van der Waals surface area contributed by atoms with E-state index in [0.717, 1.165) is 17.1 Å². The lowest BCUT2D eigenvalue weighted by molar-refractivity contribution is -0.384. The van der Waals surface area contributed by atoms with Crippen molar-refractivity contribution in [2.45, 2.75) is 26.4 Å². The summed E-state index contributed by atoms with van der Waals surface area (Å²) in [6, 6.07) is 3.00. The fourth-order valence-electron chi connectivity index (χ4n) is 1.31. The highest BCUT2D eigenvalue weighted by molar-refractivity contribution is 5.72. The molecular formula is C12H16FN3O4. The molecule has 8 heteroatoms. The molecule has 0 fully saturated rings. The Morgan fingerprint density at radius 1 is 1.45 bits per heavy atom. The Hall–Kier alpha value is -2.38. The van der Waals surface area contributed by atoms with Crippen molar-refractivity contribution in [1.82, 2.24) is 5.01 Å². The van der Waals surface area contributed by atoms with Crippen molar-refractivity contribution >= 4 is 17.5 Å². The van der Waals surface area contributed by atoms with Gasteiger partial charge in [0.05, 0.1) is 11.0 Å². The van der Waals surface area contributed by atoms with E-state index in [2.05, 4.69) is 5.43 Å². The molecule has 0 heterocycles. The average Bonchev–Trinajstić information content (AvgIpc) is 2.28. The molecule has 0 bridgehead atoms. The number of hydrazine groups is 1. The molecule has 1 N–H and O–H groups in total. The number of amides is 1. The molecule has 0 aliphatic heterocycles. The van der Waals surface area contributed by atoms with Gasteiger partial charge >= 0.3 is 6.09 Å². The largest absolute Gasteiger partial charge is 0.442 e. The maximum Gasteiger partial charge on any atom is 0.428 e.